The van der Waals surface area contributed by atoms with Crippen LogP contribution in [-0.2, 0) is 11.2 Å². The van der Waals surface area contributed by atoms with E-state index in [0.29, 0.717) is 5.11 Å². The van der Waals surface area contributed by atoms with E-state index in [4.69, 9.17) is 12.2 Å². The molecule has 0 aromatic heterocycles. The topological polar surface area (TPSA) is 32.3 Å². The number of rotatable bonds is 3. The highest BCUT2D eigenvalue weighted by Crippen LogP contribution is 2.28. The Hall–Kier alpha value is -2.98. The highest BCUT2D eigenvalue weighted by molar-refractivity contribution is 7.80. The Labute approximate surface area is 164 Å². The molecule has 1 N–H and O–H groups in total. The first kappa shape index (κ1) is 17.4. The van der Waals surface area contributed by atoms with Crippen LogP contribution in [0.5, 0.6) is 0 Å². The van der Waals surface area contributed by atoms with Crippen molar-refractivity contribution in [3.05, 3.63) is 102 Å². The van der Waals surface area contributed by atoms with Gasteiger partial charge in [-0.3, -0.25) is 4.79 Å². The molecule has 3 nitrogen and oxygen atoms in total. The van der Waals surface area contributed by atoms with Gasteiger partial charge in [-0.15, -0.1) is 0 Å². The third-order valence-electron chi connectivity index (χ3n) is 4.89. The Morgan fingerprint density at radius 2 is 1.41 bits per heavy atom. The first-order chi connectivity index (χ1) is 13.2. The maximum absolute atomic E-state index is 13.2. The van der Waals surface area contributed by atoms with E-state index in [9.17, 15) is 4.79 Å². The zero-order valence-electron chi connectivity index (χ0n) is 14.8. The van der Waals surface area contributed by atoms with E-state index in [1.165, 1.54) is 5.56 Å². The number of thiocarbonyl (C=S) groups is 1. The Balaban J connectivity index is 1.59. The molecule has 0 atom stereocenters. The standard InChI is InChI=1S/C23H20N2OS/c26-22(24-23(27)25-16-15-17-9-7-8-14-20(17)25)21(18-10-3-1-4-11-18)19-12-5-2-6-13-19/h1-14,21H,15-16H2,(H,24,26,27). The number of para-hydroxylation sites is 1. The minimum atomic E-state index is -0.400. The van der Waals surface area contributed by atoms with Gasteiger partial charge in [0.15, 0.2) is 5.11 Å². The fraction of sp³-hybridized carbons (Fsp3) is 0.130. The lowest BCUT2D eigenvalue weighted by Crippen LogP contribution is -2.44. The molecule has 0 unspecified atom stereocenters. The summed E-state index contributed by atoms with van der Waals surface area (Å²) in [4.78, 5) is 15.2. The van der Waals surface area contributed by atoms with E-state index < -0.39 is 5.92 Å². The lowest BCUT2D eigenvalue weighted by atomic mass is 9.90. The van der Waals surface area contributed by atoms with Gasteiger partial charge in [-0.2, -0.15) is 0 Å². The number of amides is 1. The van der Waals surface area contributed by atoms with Gasteiger partial charge < -0.3 is 10.2 Å². The molecule has 4 rings (SSSR count). The van der Waals surface area contributed by atoms with Crippen molar-refractivity contribution in [2.24, 2.45) is 0 Å². The molecule has 1 amide bonds. The molecule has 0 saturated heterocycles. The molecule has 0 radical (unpaired) electrons. The molecule has 0 spiro atoms. The second-order valence-corrected chi connectivity index (χ2v) is 6.97. The number of hydrogen-bond acceptors (Lipinski definition) is 2. The van der Waals surface area contributed by atoms with Gasteiger partial charge in [0, 0.05) is 12.2 Å². The highest BCUT2D eigenvalue weighted by atomic mass is 32.1. The van der Waals surface area contributed by atoms with Crippen molar-refractivity contribution in [2.75, 3.05) is 11.4 Å². The van der Waals surface area contributed by atoms with Crippen LogP contribution in [0.4, 0.5) is 5.69 Å². The summed E-state index contributed by atoms with van der Waals surface area (Å²) < 4.78 is 0. The van der Waals surface area contributed by atoms with Crippen molar-refractivity contribution >= 4 is 28.9 Å². The normalized spacial score (nSPS) is 12.7. The number of nitrogens with zero attached hydrogens (tertiary/aromatic N) is 1. The minimum Gasteiger partial charge on any atom is -0.318 e. The molecule has 4 heteroatoms. The maximum atomic E-state index is 13.2. The molecular weight excluding hydrogens is 352 g/mol. The van der Waals surface area contributed by atoms with E-state index in [1.807, 2.05) is 83.8 Å². The Morgan fingerprint density at radius 1 is 0.852 bits per heavy atom. The van der Waals surface area contributed by atoms with Crippen molar-refractivity contribution in [3.63, 3.8) is 0 Å². The van der Waals surface area contributed by atoms with E-state index in [1.54, 1.807) is 0 Å². The van der Waals surface area contributed by atoms with Crippen LogP contribution >= 0.6 is 12.2 Å². The molecule has 0 aliphatic carbocycles. The first-order valence-electron chi connectivity index (χ1n) is 9.04. The van der Waals surface area contributed by atoms with Gasteiger partial charge in [0.2, 0.25) is 5.91 Å². The number of benzene rings is 3. The van der Waals surface area contributed by atoms with Gasteiger partial charge in [-0.1, -0.05) is 78.9 Å². The van der Waals surface area contributed by atoms with Crippen molar-refractivity contribution in [1.82, 2.24) is 5.32 Å². The molecular formula is C23H20N2OS. The predicted molar refractivity (Wildman–Crippen MR) is 113 cm³/mol. The largest absolute Gasteiger partial charge is 0.318 e. The first-order valence-corrected chi connectivity index (χ1v) is 9.45. The van der Waals surface area contributed by atoms with Crippen molar-refractivity contribution in [3.8, 4) is 0 Å². The molecule has 134 valence electrons. The van der Waals surface area contributed by atoms with Crippen molar-refractivity contribution in [2.45, 2.75) is 12.3 Å². The van der Waals surface area contributed by atoms with Crippen molar-refractivity contribution < 1.29 is 4.79 Å². The molecule has 0 fully saturated rings. The average molecular weight is 372 g/mol. The van der Waals surface area contributed by atoms with Crippen LogP contribution in [0.2, 0.25) is 0 Å². The molecule has 1 aliphatic heterocycles. The predicted octanol–water partition coefficient (Wildman–Crippen LogP) is 4.28. The van der Waals surface area contributed by atoms with Crippen LogP contribution in [-0.4, -0.2) is 17.6 Å². The van der Waals surface area contributed by atoms with Gasteiger partial charge in [0.05, 0.1) is 5.92 Å². The second-order valence-electron chi connectivity index (χ2n) is 6.58. The fourth-order valence-corrected chi connectivity index (χ4v) is 3.87. The van der Waals surface area contributed by atoms with E-state index >= 15 is 0 Å². The molecule has 3 aromatic rings. The number of fused-ring (bicyclic) bond motifs is 1. The fourth-order valence-electron chi connectivity index (χ4n) is 3.58. The smallest absolute Gasteiger partial charge is 0.238 e. The van der Waals surface area contributed by atoms with Crippen LogP contribution in [0.25, 0.3) is 0 Å². The van der Waals surface area contributed by atoms with Crippen LogP contribution in [0.15, 0.2) is 84.9 Å². The van der Waals surface area contributed by atoms with Crippen LogP contribution < -0.4 is 10.2 Å². The van der Waals surface area contributed by atoms with Gasteiger partial charge in [0.1, 0.15) is 0 Å². The summed E-state index contributed by atoms with van der Waals surface area (Å²) >= 11 is 5.58. The summed E-state index contributed by atoms with van der Waals surface area (Å²) in [5, 5.41) is 3.44. The summed E-state index contributed by atoms with van der Waals surface area (Å²) in [6, 6.07) is 27.8. The summed E-state index contributed by atoms with van der Waals surface area (Å²) in [7, 11) is 0. The lowest BCUT2D eigenvalue weighted by Gasteiger charge is -2.23. The maximum Gasteiger partial charge on any atom is 0.238 e. The molecule has 27 heavy (non-hydrogen) atoms. The van der Waals surface area contributed by atoms with E-state index in [0.717, 1.165) is 29.8 Å². The summed E-state index contributed by atoms with van der Waals surface area (Å²) in [5.74, 6) is -0.509. The zero-order chi connectivity index (χ0) is 18.6. The highest BCUT2D eigenvalue weighted by Gasteiger charge is 2.27. The van der Waals surface area contributed by atoms with Crippen LogP contribution in [0, 0.1) is 0 Å². The van der Waals surface area contributed by atoms with Gasteiger partial charge in [-0.25, -0.2) is 0 Å². The molecule has 1 heterocycles. The van der Waals surface area contributed by atoms with Crippen LogP contribution in [0.1, 0.15) is 22.6 Å². The van der Waals surface area contributed by atoms with E-state index in [2.05, 4.69) is 11.4 Å². The summed E-state index contributed by atoms with van der Waals surface area (Å²) in [6.45, 7) is 0.791. The summed E-state index contributed by atoms with van der Waals surface area (Å²) in [6.07, 6.45) is 0.937. The number of hydrogen-bond donors (Lipinski definition) is 1. The second kappa shape index (κ2) is 7.72. The monoisotopic (exact) mass is 372 g/mol. The lowest BCUT2D eigenvalue weighted by molar-refractivity contribution is -0.120. The van der Waals surface area contributed by atoms with Crippen LogP contribution in [0.3, 0.4) is 0 Å². The molecule has 0 saturated carbocycles. The Bertz CT molecular complexity index is 917. The summed E-state index contributed by atoms with van der Waals surface area (Å²) in [5.41, 5.74) is 4.24. The van der Waals surface area contributed by atoms with Gasteiger partial charge >= 0.3 is 0 Å². The SMILES string of the molecule is O=C(NC(=S)N1CCc2ccccc21)C(c1ccccc1)c1ccccc1. The van der Waals surface area contributed by atoms with Gasteiger partial charge in [0.25, 0.3) is 0 Å². The average Bonchev–Trinajstić information content (AvgIpc) is 3.14. The quantitative estimate of drug-likeness (QED) is 0.697. The Kier molecular flexibility index (Phi) is 4.99. The zero-order valence-corrected chi connectivity index (χ0v) is 15.7. The number of anilines is 1. The molecule has 0 bridgehead atoms. The molecule has 1 aliphatic rings. The van der Waals surface area contributed by atoms with Gasteiger partial charge in [-0.05, 0) is 41.4 Å². The van der Waals surface area contributed by atoms with E-state index in [-0.39, 0.29) is 5.91 Å². The minimum absolute atomic E-state index is 0.109. The number of carbonyl (C=O) groups excluding carboxylic acids is 1. The number of carbonyl (C=O) groups is 1. The third kappa shape index (κ3) is 3.62. The Morgan fingerprint density at radius 3 is 2.04 bits per heavy atom. The molecule has 3 aromatic carbocycles. The third-order valence-corrected chi connectivity index (χ3v) is 5.21. The van der Waals surface area contributed by atoms with Crippen molar-refractivity contribution in [1.29, 1.82) is 0 Å². The number of nitrogens with one attached hydrogen (secondary N) is 1.